The molecule has 2 aromatic carbocycles. The zero-order valence-electron chi connectivity index (χ0n) is 16.6. The highest BCUT2D eigenvalue weighted by molar-refractivity contribution is 9.10. The number of benzene rings is 2. The van der Waals surface area contributed by atoms with Crippen LogP contribution in [0.4, 0.5) is 0 Å². The van der Waals surface area contributed by atoms with Crippen LogP contribution in [0.25, 0.3) is 6.08 Å². The maximum Gasteiger partial charge on any atom is 0.127 e. The molecule has 0 saturated heterocycles. The molecule has 0 heterocycles. The van der Waals surface area contributed by atoms with E-state index >= 15 is 0 Å². The van der Waals surface area contributed by atoms with Crippen molar-refractivity contribution in [2.24, 2.45) is 5.92 Å². The van der Waals surface area contributed by atoms with Crippen molar-refractivity contribution in [2.75, 3.05) is 0 Å². The highest BCUT2D eigenvalue weighted by Crippen LogP contribution is 2.37. The summed E-state index contributed by atoms with van der Waals surface area (Å²) >= 11 is 3.51. The van der Waals surface area contributed by atoms with E-state index < -0.39 is 0 Å². The Morgan fingerprint density at radius 1 is 1.18 bits per heavy atom. The summed E-state index contributed by atoms with van der Waals surface area (Å²) in [5.41, 5.74) is 4.88. The lowest BCUT2D eigenvalue weighted by Gasteiger charge is -2.27. The lowest BCUT2D eigenvalue weighted by atomic mass is 9.78. The van der Waals surface area contributed by atoms with Gasteiger partial charge in [-0.1, -0.05) is 89.7 Å². The van der Waals surface area contributed by atoms with Crippen molar-refractivity contribution in [2.45, 2.75) is 32.3 Å². The first-order chi connectivity index (χ1) is 13.5. The molecule has 0 aromatic heterocycles. The topological polar surface area (TPSA) is 9.23 Å². The lowest BCUT2D eigenvalue weighted by molar-refractivity contribution is 0.209. The van der Waals surface area contributed by atoms with Crippen molar-refractivity contribution in [1.82, 2.24) is 0 Å². The normalized spacial score (nSPS) is 19.6. The number of rotatable bonds is 7. The zero-order chi connectivity index (χ0) is 20.1. The minimum absolute atomic E-state index is 0.0870. The second-order valence-corrected chi connectivity index (χ2v) is 8.24. The van der Waals surface area contributed by atoms with Crippen LogP contribution in [-0.4, -0.2) is 0 Å². The summed E-state index contributed by atoms with van der Waals surface area (Å²) < 4.78 is 7.43. The highest BCUT2D eigenvalue weighted by Gasteiger charge is 2.23. The van der Waals surface area contributed by atoms with Crippen LogP contribution in [-0.2, 0) is 0 Å². The molecule has 144 valence electrons. The molecule has 1 aliphatic rings. The van der Waals surface area contributed by atoms with Gasteiger partial charge in [0, 0.05) is 22.4 Å². The second-order valence-electron chi connectivity index (χ2n) is 7.32. The molecule has 1 nitrogen and oxygen atoms in total. The van der Waals surface area contributed by atoms with Gasteiger partial charge in [-0.3, -0.25) is 0 Å². The molecule has 0 N–H and O–H groups in total. The Labute approximate surface area is 177 Å². The number of allylic oxidation sites excluding steroid dienone is 4. The number of halogens is 1. The van der Waals surface area contributed by atoms with E-state index in [0.29, 0.717) is 11.8 Å². The van der Waals surface area contributed by atoms with E-state index in [1.54, 1.807) is 0 Å². The third-order valence-corrected chi connectivity index (χ3v) is 5.77. The van der Waals surface area contributed by atoms with E-state index in [0.717, 1.165) is 22.2 Å². The Bertz CT molecular complexity index is 922. The molecule has 0 fully saturated rings. The summed E-state index contributed by atoms with van der Waals surface area (Å²) in [6.07, 6.45) is 11.1. The first-order valence-electron chi connectivity index (χ1n) is 9.68. The molecule has 2 heteroatoms. The summed E-state index contributed by atoms with van der Waals surface area (Å²) in [5, 5.41) is 0. The Hall–Kier alpha value is -2.32. The lowest BCUT2D eigenvalue weighted by Crippen LogP contribution is -2.13. The number of hydrogen-bond donors (Lipinski definition) is 0. The molecule has 28 heavy (non-hydrogen) atoms. The fourth-order valence-corrected chi connectivity index (χ4v) is 4.25. The van der Waals surface area contributed by atoms with Gasteiger partial charge < -0.3 is 4.74 Å². The average Bonchev–Trinajstić information content (AvgIpc) is 2.69. The van der Waals surface area contributed by atoms with Gasteiger partial charge in [0.05, 0.1) is 0 Å². The summed E-state index contributed by atoms with van der Waals surface area (Å²) in [7, 11) is 0. The minimum Gasteiger partial charge on any atom is -0.485 e. The van der Waals surface area contributed by atoms with Crippen LogP contribution in [0.2, 0.25) is 0 Å². The van der Waals surface area contributed by atoms with Crippen LogP contribution in [0.3, 0.4) is 0 Å². The standard InChI is InChI=1S/C26H27BrO/c1-5-9-24(28-25-15-14-23(27)17-20(25)6-2)21-12-8-13-22(16-21)26-18(3)10-7-11-19(26)4/h5-8,10-18,24,26H,1-2,9H2,3-4H3. The largest absolute Gasteiger partial charge is 0.485 e. The first kappa shape index (κ1) is 20.4. The molecule has 1 aliphatic carbocycles. The molecular weight excluding hydrogens is 408 g/mol. The molecule has 3 rings (SSSR count). The van der Waals surface area contributed by atoms with Crippen LogP contribution in [0, 0.1) is 5.92 Å². The molecule has 0 amide bonds. The third-order valence-electron chi connectivity index (χ3n) is 5.27. The van der Waals surface area contributed by atoms with Crippen LogP contribution in [0.1, 0.15) is 49.0 Å². The number of ether oxygens (including phenoxy) is 1. The third kappa shape index (κ3) is 4.56. The summed E-state index contributed by atoms with van der Waals surface area (Å²) in [4.78, 5) is 0. The highest BCUT2D eigenvalue weighted by atomic mass is 79.9. The fourth-order valence-electron chi connectivity index (χ4n) is 3.87. The van der Waals surface area contributed by atoms with Crippen LogP contribution in [0.5, 0.6) is 5.75 Å². The molecular formula is C26H27BrO. The van der Waals surface area contributed by atoms with Crippen molar-refractivity contribution in [3.05, 3.63) is 107 Å². The number of hydrogen-bond acceptors (Lipinski definition) is 1. The Morgan fingerprint density at radius 3 is 2.71 bits per heavy atom. The van der Waals surface area contributed by atoms with Crippen molar-refractivity contribution in [3.8, 4) is 5.75 Å². The zero-order valence-corrected chi connectivity index (χ0v) is 18.2. The first-order valence-corrected chi connectivity index (χ1v) is 10.5. The van der Waals surface area contributed by atoms with Gasteiger partial charge in [-0.15, -0.1) is 6.58 Å². The molecule has 0 bridgehead atoms. The molecule has 2 aromatic rings. The van der Waals surface area contributed by atoms with Gasteiger partial charge in [0.2, 0.25) is 0 Å². The maximum absolute atomic E-state index is 6.42. The van der Waals surface area contributed by atoms with Gasteiger partial charge in [-0.25, -0.2) is 0 Å². The predicted octanol–water partition coefficient (Wildman–Crippen LogP) is 8.02. The molecule has 3 unspecified atom stereocenters. The smallest absolute Gasteiger partial charge is 0.127 e. The van der Waals surface area contributed by atoms with Crippen molar-refractivity contribution < 1.29 is 4.74 Å². The van der Waals surface area contributed by atoms with Crippen LogP contribution < -0.4 is 4.74 Å². The molecule has 0 radical (unpaired) electrons. The predicted molar refractivity (Wildman–Crippen MR) is 124 cm³/mol. The van der Waals surface area contributed by atoms with Gasteiger partial charge in [0.1, 0.15) is 11.9 Å². The summed E-state index contributed by atoms with van der Waals surface area (Å²) in [6, 6.07) is 14.8. The van der Waals surface area contributed by atoms with Crippen LogP contribution in [0.15, 0.2) is 90.0 Å². The van der Waals surface area contributed by atoms with Gasteiger partial charge in [-0.05, 0) is 42.2 Å². The average molecular weight is 435 g/mol. The van der Waals surface area contributed by atoms with Gasteiger partial charge >= 0.3 is 0 Å². The van der Waals surface area contributed by atoms with Gasteiger partial charge in [0.25, 0.3) is 0 Å². The van der Waals surface area contributed by atoms with E-state index in [1.165, 1.54) is 16.7 Å². The SMILES string of the molecule is C=CCC(Oc1ccc(Br)cc1C=C)c1cccc(C2C(C)=CC=CC2C)c1. The Kier molecular flexibility index (Phi) is 6.74. The maximum atomic E-state index is 6.42. The quantitative estimate of drug-likeness (QED) is 0.400. The Morgan fingerprint density at radius 2 is 2.00 bits per heavy atom. The molecule has 0 spiro atoms. The summed E-state index contributed by atoms with van der Waals surface area (Å²) in [5.74, 6) is 1.73. The monoisotopic (exact) mass is 434 g/mol. The van der Waals surface area contributed by atoms with E-state index in [9.17, 15) is 0 Å². The van der Waals surface area contributed by atoms with Crippen molar-refractivity contribution >= 4 is 22.0 Å². The molecule has 3 atom stereocenters. The Balaban J connectivity index is 1.93. The molecule has 0 saturated carbocycles. The van der Waals surface area contributed by atoms with Gasteiger partial charge in [0.15, 0.2) is 0 Å². The van der Waals surface area contributed by atoms with Crippen LogP contribution >= 0.6 is 15.9 Å². The fraction of sp³-hybridized carbons (Fsp3) is 0.231. The van der Waals surface area contributed by atoms with E-state index in [4.69, 9.17) is 4.74 Å². The van der Waals surface area contributed by atoms with Crippen molar-refractivity contribution in [1.29, 1.82) is 0 Å². The van der Waals surface area contributed by atoms with Gasteiger partial charge in [-0.2, -0.15) is 0 Å². The summed E-state index contributed by atoms with van der Waals surface area (Å²) in [6.45, 7) is 12.3. The molecule has 0 aliphatic heterocycles. The van der Waals surface area contributed by atoms with E-state index in [-0.39, 0.29) is 6.10 Å². The van der Waals surface area contributed by atoms with Crippen molar-refractivity contribution in [3.63, 3.8) is 0 Å². The van der Waals surface area contributed by atoms with E-state index in [1.807, 2.05) is 30.4 Å². The second kappa shape index (κ2) is 9.25. The van der Waals surface area contributed by atoms with E-state index in [2.05, 4.69) is 85.4 Å². The minimum atomic E-state index is -0.0870.